The molecule has 5 rings (SSSR count). The van der Waals surface area contributed by atoms with Gasteiger partial charge in [-0.25, -0.2) is 0 Å². The third kappa shape index (κ3) is 3.51. The lowest BCUT2D eigenvalue weighted by atomic mass is 10.2. The van der Waals surface area contributed by atoms with Crippen LogP contribution >= 0.6 is 0 Å². The van der Waals surface area contributed by atoms with E-state index in [9.17, 15) is 0 Å². The molecule has 28 heavy (non-hydrogen) atoms. The molecule has 0 spiro atoms. The predicted octanol–water partition coefficient (Wildman–Crippen LogP) is 3.31. The largest absolute Gasteiger partial charge is 0.477 e. The minimum atomic E-state index is 0.489. The highest BCUT2D eigenvalue weighted by Crippen LogP contribution is 2.46. The van der Waals surface area contributed by atoms with Crippen molar-refractivity contribution in [3.8, 4) is 5.88 Å². The van der Waals surface area contributed by atoms with Crippen LogP contribution in [0, 0.1) is 5.92 Å². The summed E-state index contributed by atoms with van der Waals surface area (Å²) in [6, 6.07) is 13.8. The van der Waals surface area contributed by atoms with Gasteiger partial charge in [0.15, 0.2) is 5.65 Å². The number of aromatic nitrogens is 5. The molecule has 7 nitrogen and oxygen atoms in total. The molecule has 0 aliphatic heterocycles. The summed E-state index contributed by atoms with van der Waals surface area (Å²) >= 11 is 0. The summed E-state index contributed by atoms with van der Waals surface area (Å²) in [7, 11) is 0. The van der Waals surface area contributed by atoms with Crippen LogP contribution in [-0.2, 0) is 6.54 Å². The molecular weight excluding hydrogens is 352 g/mol. The average Bonchev–Trinajstić information content (AvgIpc) is 3.38. The predicted molar refractivity (Wildman–Crippen MR) is 105 cm³/mol. The van der Waals surface area contributed by atoms with Crippen molar-refractivity contribution in [2.75, 3.05) is 11.9 Å². The molecule has 1 aliphatic rings. The Labute approximate surface area is 162 Å². The van der Waals surface area contributed by atoms with Gasteiger partial charge in [0.05, 0.1) is 12.8 Å². The highest BCUT2D eigenvalue weighted by molar-refractivity contribution is 5.51. The molecule has 0 amide bonds. The second kappa shape index (κ2) is 7.26. The quantitative estimate of drug-likeness (QED) is 0.536. The lowest BCUT2D eigenvalue weighted by Crippen LogP contribution is -2.08. The Morgan fingerprint density at radius 2 is 2.11 bits per heavy atom. The Balaban J connectivity index is 1.27. The van der Waals surface area contributed by atoms with Gasteiger partial charge in [0.1, 0.15) is 5.82 Å². The first-order valence-electron chi connectivity index (χ1n) is 9.38. The summed E-state index contributed by atoms with van der Waals surface area (Å²) in [5.74, 6) is 2.42. The van der Waals surface area contributed by atoms with Crippen LogP contribution in [0.5, 0.6) is 5.88 Å². The summed E-state index contributed by atoms with van der Waals surface area (Å²) in [5.41, 5.74) is 3.00. The lowest BCUT2D eigenvalue weighted by Gasteiger charge is -2.11. The van der Waals surface area contributed by atoms with E-state index in [-0.39, 0.29) is 0 Å². The van der Waals surface area contributed by atoms with Crippen molar-refractivity contribution in [3.63, 3.8) is 0 Å². The molecule has 0 saturated heterocycles. The van der Waals surface area contributed by atoms with Crippen LogP contribution in [0.25, 0.3) is 5.65 Å². The highest BCUT2D eigenvalue weighted by atomic mass is 16.5. The van der Waals surface area contributed by atoms with Crippen LogP contribution in [-0.4, -0.2) is 31.2 Å². The Kier molecular flexibility index (Phi) is 4.33. The summed E-state index contributed by atoms with van der Waals surface area (Å²) in [5, 5.41) is 7.74. The van der Waals surface area contributed by atoms with E-state index in [0.717, 1.165) is 29.1 Å². The van der Waals surface area contributed by atoms with Gasteiger partial charge in [0.25, 0.3) is 0 Å². The minimum Gasteiger partial charge on any atom is -0.477 e. The van der Waals surface area contributed by atoms with Gasteiger partial charge in [-0.2, -0.15) is 14.6 Å². The van der Waals surface area contributed by atoms with Crippen molar-refractivity contribution < 1.29 is 4.74 Å². The van der Waals surface area contributed by atoms with Gasteiger partial charge in [-0.05, 0) is 30.2 Å². The maximum absolute atomic E-state index is 6.02. The van der Waals surface area contributed by atoms with E-state index >= 15 is 0 Å². The SMILES string of the molecule is c1ccc([C@@H]2C[C@H]2COc2cc(NCc3cccnc3)n3nccc3n2)nc1. The maximum Gasteiger partial charge on any atom is 0.219 e. The summed E-state index contributed by atoms with van der Waals surface area (Å²) in [4.78, 5) is 13.2. The topological polar surface area (TPSA) is 77.2 Å². The summed E-state index contributed by atoms with van der Waals surface area (Å²) in [6.45, 7) is 1.29. The Morgan fingerprint density at radius 3 is 2.96 bits per heavy atom. The van der Waals surface area contributed by atoms with E-state index in [0.29, 0.717) is 30.9 Å². The van der Waals surface area contributed by atoms with Gasteiger partial charge in [-0.1, -0.05) is 12.1 Å². The number of hydrogen-bond acceptors (Lipinski definition) is 6. The molecule has 140 valence electrons. The van der Waals surface area contributed by atoms with Gasteiger partial charge >= 0.3 is 0 Å². The van der Waals surface area contributed by atoms with Crippen molar-refractivity contribution in [1.29, 1.82) is 0 Å². The highest BCUT2D eigenvalue weighted by Gasteiger charge is 2.39. The van der Waals surface area contributed by atoms with E-state index in [1.807, 2.05) is 48.8 Å². The molecule has 7 heteroatoms. The van der Waals surface area contributed by atoms with Gasteiger partial charge < -0.3 is 10.1 Å². The number of ether oxygens (including phenoxy) is 1. The van der Waals surface area contributed by atoms with Crippen molar-refractivity contribution >= 4 is 11.5 Å². The second-order valence-corrected chi connectivity index (χ2v) is 6.96. The van der Waals surface area contributed by atoms with Gasteiger partial charge in [-0.15, -0.1) is 0 Å². The molecular formula is C21H20N6O. The van der Waals surface area contributed by atoms with Crippen LogP contribution < -0.4 is 10.1 Å². The molecule has 0 unspecified atom stereocenters. The van der Waals surface area contributed by atoms with Crippen molar-refractivity contribution in [3.05, 3.63) is 78.5 Å². The molecule has 0 bridgehead atoms. The summed E-state index contributed by atoms with van der Waals surface area (Å²) in [6.07, 6.45) is 8.30. The Bertz CT molecular complexity index is 1070. The first kappa shape index (κ1) is 16.7. The molecule has 4 heterocycles. The zero-order valence-corrected chi connectivity index (χ0v) is 15.3. The molecule has 1 N–H and O–H groups in total. The van der Waals surface area contributed by atoms with E-state index in [1.165, 1.54) is 0 Å². The molecule has 4 aromatic heterocycles. The third-order valence-electron chi connectivity index (χ3n) is 4.97. The average molecular weight is 372 g/mol. The van der Waals surface area contributed by atoms with Crippen LogP contribution in [0.2, 0.25) is 0 Å². The van der Waals surface area contributed by atoms with Gasteiger partial charge in [0, 0.05) is 54.8 Å². The van der Waals surface area contributed by atoms with E-state index in [4.69, 9.17) is 4.74 Å². The molecule has 0 aromatic carbocycles. The lowest BCUT2D eigenvalue weighted by molar-refractivity contribution is 0.286. The first-order chi connectivity index (χ1) is 13.9. The number of fused-ring (bicyclic) bond motifs is 1. The molecule has 1 saturated carbocycles. The fraction of sp³-hybridized carbons (Fsp3) is 0.238. The maximum atomic E-state index is 6.02. The Morgan fingerprint density at radius 1 is 1.11 bits per heavy atom. The van der Waals surface area contributed by atoms with Crippen molar-refractivity contribution in [1.82, 2.24) is 24.6 Å². The number of pyridine rings is 2. The fourth-order valence-corrected chi connectivity index (χ4v) is 3.37. The van der Waals surface area contributed by atoms with Crippen molar-refractivity contribution in [2.45, 2.75) is 18.9 Å². The second-order valence-electron chi connectivity index (χ2n) is 6.96. The van der Waals surface area contributed by atoms with Gasteiger partial charge in [-0.3, -0.25) is 9.97 Å². The number of nitrogens with zero attached hydrogens (tertiary/aromatic N) is 5. The van der Waals surface area contributed by atoms with E-state index in [2.05, 4.69) is 31.4 Å². The van der Waals surface area contributed by atoms with Crippen LogP contribution in [0.1, 0.15) is 23.6 Å². The molecule has 1 fully saturated rings. The smallest absolute Gasteiger partial charge is 0.219 e. The zero-order valence-electron chi connectivity index (χ0n) is 15.3. The number of nitrogens with one attached hydrogen (secondary N) is 1. The number of hydrogen-bond donors (Lipinski definition) is 1. The molecule has 2 atom stereocenters. The monoisotopic (exact) mass is 372 g/mol. The molecule has 0 radical (unpaired) electrons. The number of anilines is 1. The first-order valence-corrected chi connectivity index (χ1v) is 9.38. The molecule has 1 aliphatic carbocycles. The molecule has 4 aromatic rings. The zero-order chi connectivity index (χ0) is 18.8. The standard InChI is InChI=1S/C21H20N6O/c1-2-8-23-18(5-1)17-10-16(17)14-28-21-11-20(27-19(26-21)6-9-25-27)24-13-15-4-3-7-22-12-15/h1-9,11-12,16-17,24H,10,13-14H2/t16-,17+/m0/s1. The third-order valence-corrected chi connectivity index (χ3v) is 4.97. The Hall–Kier alpha value is -3.48. The van der Waals surface area contributed by atoms with E-state index in [1.54, 1.807) is 16.9 Å². The fourth-order valence-electron chi connectivity index (χ4n) is 3.37. The minimum absolute atomic E-state index is 0.489. The van der Waals surface area contributed by atoms with Crippen LogP contribution in [0.4, 0.5) is 5.82 Å². The van der Waals surface area contributed by atoms with Gasteiger partial charge in [0.2, 0.25) is 5.88 Å². The number of rotatable bonds is 7. The van der Waals surface area contributed by atoms with E-state index < -0.39 is 0 Å². The van der Waals surface area contributed by atoms with Crippen LogP contribution in [0.3, 0.4) is 0 Å². The summed E-state index contributed by atoms with van der Waals surface area (Å²) < 4.78 is 7.79. The van der Waals surface area contributed by atoms with Crippen molar-refractivity contribution in [2.24, 2.45) is 5.92 Å². The normalized spacial score (nSPS) is 18.1. The van der Waals surface area contributed by atoms with Crippen LogP contribution in [0.15, 0.2) is 67.3 Å².